The van der Waals surface area contributed by atoms with Crippen molar-refractivity contribution in [1.29, 1.82) is 0 Å². The Labute approximate surface area is 131 Å². The smallest absolute Gasteiger partial charge is 0.209 e. The third-order valence-electron chi connectivity index (χ3n) is 4.12. The molecule has 1 aromatic carbocycles. The zero-order valence-corrected chi connectivity index (χ0v) is 14.1. The summed E-state index contributed by atoms with van der Waals surface area (Å²) < 4.78 is 29.0. The maximum absolute atomic E-state index is 11.5. The Morgan fingerprint density at radius 1 is 1.24 bits per heavy atom. The van der Waals surface area contributed by atoms with E-state index < -0.39 is 10.0 Å². The van der Waals surface area contributed by atoms with Gasteiger partial charge >= 0.3 is 0 Å². The fourth-order valence-corrected chi connectivity index (χ4v) is 4.79. The van der Waals surface area contributed by atoms with E-state index in [2.05, 4.69) is 0 Å². The molecule has 0 saturated heterocycles. The lowest BCUT2D eigenvalue weighted by molar-refractivity contribution is 0.169. The van der Waals surface area contributed by atoms with Gasteiger partial charge in [0, 0.05) is 10.4 Å². The third-order valence-corrected chi connectivity index (χ3v) is 5.35. The van der Waals surface area contributed by atoms with Gasteiger partial charge in [-0.25, -0.2) is 13.6 Å². The van der Waals surface area contributed by atoms with Crippen LogP contribution in [0.15, 0.2) is 12.1 Å². The minimum Gasteiger partial charge on any atom is -0.492 e. The molecular formula is C15H22ClNO3S. The molecule has 0 aromatic heterocycles. The molecule has 0 unspecified atom stereocenters. The van der Waals surface area contributed by atoms with E-state index in [0.717, 1.165) is 42.6 Å². The summed E-state index contributed by atoms with van der Waals surface area (Å²) in [7, 11) is -3.50. The molecule has 1 aliphatic carbocycles. The number of sulfonamides is 1. The van der Waals surface area contributed by atoms with E-state index >= 15 is 0 Å². The summed E-state index contributed by atoms with van der Waals surface area (Å²) >= 11 is 6.01. The van der Waals surface area contributed by atoms with Gasteiger partial charge in [0.15, 0.2) is 0 Å². The van der Waals surface area contributed by atoms with Crippen molar-refractivity contribution in [2.75, 3.05) is 12.4 Å². The minimum atomic E-state index is -3.50. The molecule has 0 radical (unpaired) electrons. The number of aryl methyl sites for hydroxylation is 2. The van der Waals surface area contributed by atoms with Crippen molar-refractivity contribution >= 4 is 21.6 Å². The van der Waals surface area contributed by atoms with Crippen molar-refractivity contribution in [3.8, 4) is 5.75 Å². The predicted octanol–water partition coefficient (Wildman–Crippen LogP) is 3.18. The molecule has 1 aromatic rings. The van der Waals surface area contributed by atoms with Crippen LogP contribution in [-0.2, 0) is 10.0 Å². The molecule has 4 nitrogen and oxygen atoms in total. The third kappa shape index (κ3) is 4.34. The first kappa shape index (κ1) is 16.6. The lowest BCUT2D eigenvalue weighted by Gasteiger charge is -2.28. The van der Waals surface area contributed by atoms with Gasteiger partial charge in [-0.2, -0.15) is 0 Å². The van der Waals surface area contributed by atoms with Gasteiger partial charge in [0.2, 0.25) is 10.0 Å². The van der Waals surface area contributed by atoms with Crippen LogP contribution in [0.1, 0.15) is 36.8 Å². The highest BCUT2D eigenvalue weighted by molar-refractivity contribution is 7.89. The van der Waals surface area contributed by atoms with Gasteiger partial charge in [-0.3, -0.25) is 0 Å². The molecule has 0 bridgehead atoms. The van der Waals surface area contributed by atoms with Crippen molar-refractivity contribution < 1.29 is 13.2 Å². The van der Waals surface area contributed by atoms with Crippen LogP contribution < -0.4 is 9.88 Å². The van der Waals surface area contributed by atoms with Crippen molar-refractivity contribution in [3.63, 3.8) is 0 Å². The summed E-state index contributed by atoms with van der Waals surface area (Å²) in [6.07, 6.45) is 3.74. The number of halogens is 1. The molecule has 0 amide bonds. The van der Waals surface area contributed by atoms with Gasteiger partial charge in [0.1, 0.15) is 5.75 Å². The molecule has 2 rings (SSSR count). The Balaban J connectivity index is 2.17. The van der Waals surface area contributed by atoms with Crippen molar-refractivity contribution in [2.24, 2.45) is 10.6 Å². The van der Waals surface area contributed by atoms with Crippen LogP contribution in [0.3, 0.4) is 0 Å². The number of nitrogens with two attached hydrogens (primary N) is 1. The average molecular weight is 332 g/mol. The molecule has 1 fully saturated rings. The second-order valence-electron chi connectivity index (χ2n) is 6.17. The van der Waals surface area contributed by atoms with Crippen molar-refractivity contribution in [1.82, 2.24) is 0 Å². The maximum atomic E-state index is 11.5. The first-order valence-corrected chi connectivity index (χ1v) is 9.20. The molecule has 6 heteroatoms. The van der Waals surface area contributed by atoms with Gasteiger partial charge in [-0.05, 0) is 49.9 Å². The first-order valence-electron chi connectivity index (χ1n) is 7.11. The van der Waals surface area contributed by atoms with Gasteiger partial charge in [-0.1, -0.05) is 24.4 Å². The van der Waals surface area contributed by atoms with Crippen LogP contribution in [0, 0.1) is 19.3 Å². The standard InChI is InChI=1S/C15H22ClNO3S/c1-11-7-13(16)8-12(2)14(11)20-9-15(5-3-4-6-15)10-21(17,18)19/h7-8H,3-6,9-10H2,1-2H3,(H2,17,18,19). The van der Waals surface area contributed by atoms with Gasteiger partial charge in [-0.15, -0.1) is 0 Å². The fourth-order valence-electron chi connectivity index (χ4n) is 3.23. The van der Waals surface area contributed by atoms with Gasteiger partial charge in [0.05, 0.1) is 12.4 Å². The summed E-state index contributed by atoms with van der Waals surface area (Å²) in [5.74, 6) is 0.784. The molecule has 0 atom stereocenters. The number of rotatable bonds is 5. The van der Waals surface area contributed by atoms with Crippen LogP contribution >= 0.6 is 11.6 Å². The molecule has 0 spiro atoms. The van der Waals surface area contributed by atoms with E-state index in [4.69, 9.17) is 21.5 Å². The van der Waals surface area contributed by atoms with Crippen LogP contribution in [-0.4, -0.2) is 20.8 Å². The number of benzene rings is 1. The second kappa shape index (κ2) is 6.15. The Morgan fingerprint density at radius 3 is 2.24 bits per heavy atom. The molecular weight excluding hydrogens is 310 g/mol. The van der Waals surface area contributed by atoms with E-state index in [1.165, 1.54) is 0 Å². The Kier molecular flexibility index (Phi) is 4.85. The van der Waals surface area contributed by atoms with Crippen molar-refractivity contribution in [3.05, 3.63) is 28.3 Å². The molecule has 0 heterocycles. The maximum Gasteiger partial charge on any atom is 0.209 e. The zero-order chi connectivity index (χ0) is 15.7. The van der Waals surface area contributed by atoms with Crippen molar-refractivity contribution in [2.45, 2.75) is 39.5 Å². The SMILES string of the molecule is Cc1cc(Cl)cc(C)c1OCC1(CS(N)(=O)=O)CCCC1. The summed E-state index contributed by atoms with van der Waals surface area (Å²) in [6, 6.07) is 3.70. The van der Waals surface area contributed by atoms with Crippen LogP contribution in [0.2, 0.25) is 5.02 Å². The fraction of sp³-hybridized carbons (Fsp3) is 0.600. The van der Waals surface area contributed by atoms with Crippen LogP contribution in [0.25, 0.3) is 0 Å². The monoisotopic (exact) mass is 331 g/mol. The molecule has 1 saturated carbocycles. The summed E-state index contributed by atoms with van der Waals surface area (Å²) in [5, 5.41) is 5.93. The van der Waals surface area contributed by atoms with Gasteiger partial charge in [0.25, 0.3) is 0 Å². The van der Waals surface area contributed by atoms with E-state index in [0.29, 0.717) is 11.6 Å². The zero-order valence-electron chi connectivity index (χ0n) is 12.5. The molecule has 2 N–H and O–H groups in total. The first-order chi connectivity index (χ1) is 9.71. The lowest BCUT2D eigenvalue weighted by atomic mass is 9.90. The molecule has 1 aliphatic rings. The Morgan fingerprint density at radius 2 is 1.76 bits per heavy atom. The largest absolute Gasteiger partial charge is 0.492 e. The quantitative estimate of drug-likeness (QED) is 0.900. The Bertz CT molecular complexity index is 599. The normalized spacial score (nSPS) is 17.9. The second-order valence-corrected chi connectivity index (χ2v) is 8.22. The topological polar surface area (TPSA) is 69.4 Å². The Hall–Kier alpha value is -0.780. The summed E-state index contributed by atoms with van der Waals surface area (Å²) in [5.41, 5.74) is 1.57. The summed E-state index contributed by atoms with van der Waals surface area (Å²) in [4.78, 5) is 0. The van der Waals surface area contributed by atoms with Crippen LogP contribution in [0.5, 0.6) is 5.75 Å². The van der Waals surface area contributed by atoms with E-state index in [1.54, 1.807) is 0 Å². The summed E-state index contributed by atoms with van der Waals surface area (Å²) in [6.45, 7) is 4.26. The number of hydrogen-bond donors (Lipinski definition) is 1. The number of ether oxygens (including phenoxy) is 1. The molecule has 21 heavy (non-hydrogen) atoms. The minimum absolute atomic E-state index is 0.00825. The van der Waals surface area contributed by atoms with Crippen LogP contribution in [0.4, 0.5) is 0 Å². The highest BCUT2D eigenvalue weighted by Crippen LogP contribution is 2.40. The predicted molar refractivity (Wildman–Crippen MR) is 85.3 cm³/mol. The number of primary sulfonamides is 1. The van der Waals surface area contributed by atoms with E-state index in [1.807, 2.05) is 26.0 Å². The highest BCUT2D eigenvalue weighted by atomic mass is 35.5. The number of hydrogen-bond acceptors (Lipinski definition) is 3. The molecule has 118 valence electrons. The van der Waals surface area contributed by atoms with E-state index in [-0.39, 0.29) is 11.2 Å². The van der Waals surface area contributed by atoms with Gasteiger partial charge < -0.3 is 4.74 Å². The van der Waals surface area contributed by atoms with E-state index in [9.17, 15) is 8.42 Å². The highest BCUT2D eigenvalue weighted by Gasteiger charge is 2.38. The lowest BCUT2D eigenvalue weighted by Crippen LogP contribution is -2.36. The average Bonchev–Trinajstić information content (AvgIpc) is 2.73. The molecule has 0 aliphatic heterocycles.